The van der Waals surface area contributed by atoms with Crippen LogP contribution in [-0.4, -0.2) is 50.4 Å². The van der Waals surface area contributed by atoms with Crippen molar-refractivity contribution in [3.63, 3.8) is 0 Å². The fourth-order valence-corrected chi connectivity index (χ4v) is 2.95. The maximum absolute atomic E-state index is 12.4. The molecule has 0 aliphatic carbocycles. The van der Waals surface area contributed by atoms with Crippen LogP contribution in [0.2, 0.25) is 0 Å². The molecule has 156 valence electrons. The Morgan fingerprint density at radius 3 is 2.13 bits per heavy atom. The molecule has 0 radical (unpaired) electrons. The first-order valence-electron chi connectivity index (χ1n) is 8.84. The number of anilines is 1. The van der Waals surface area contributed by atoms with E-state index in [1.165, 1.54) is 33.2 Å². The summed E-state index contributed by atoms with van der Waals surface area (Å²) < 4.78 is 6.81. The fraction of sp³-hybridized carbons (Fsp3) is 0.263. The Bertz CT molecular complexity index is 1160. The molecule has 1 unspecified atom stereocenters. The first-order chi connectivity index (χ1) is 14.1. The van der Waals surface area contributed by atoms with Crippen LogP contribution in [0.15, 0.2) is 39.9 Å². The van der Waals surface area contributed by atoms with Gasteiger partial charge in [0.25, 0.3) is 23.3 Å². The molecule has 2 aromatic rings. The number of hydrogen-bond acceptors (Lipinski definition) is 7. The number of fused-ring (bicyclic) bond motifs is 1. The van der Waals surface area contributed by atoms with Gasteiger partial charge in [-0.3, -0.25) is 33.2 Å². The van der Waals surface area contributed by atoms with E-state index < -0.39 is 47.6 Å². The van der Waals surface area contributed by atoms with Gasteiger partial charge in [0.05, 0.1) is 11.1 Å². The van der Waals surface area contributed by atoms with Crippen molar-refractivity contribution in [2.24, 2.45) is 14.1 Å². The molecule has 1 N–H and O–H groups in total. The molecule has 1 aliphatic heterocycles. The molecular formula is C19H18N4O7. The number of carbonyl (C=O) groups is 4. The second-order valence-electron chi connectivity index (χ2n) is 6.63. The maximum atomic E-state index is 12.4. The van der Waals surface area contributed by atoms with Gasteiger partial charge < -0.3 is 10.1 Å². The number of amides is 3. The number of aromatic nitrogens is 2. The van der Waals surface area contributed by atoms with Crippen LogP contribution in [-0.2, 0) is 28.4 Å². The van der Waals surface area contributed by atoms with Gasteiger partial charge in [0.1, 0.15) is 11.9 Å². The third kappa shape index (κ3) is 3.52. The third-order valence-corrected chi connectivity index (χ3v) is 4.69. The van der Waals surface area contributed by atoms with Crippen molar-refractivity contribution < 1.29 is 23.9 Å². The van der Waals surface area contributed by atoms with Crippen LogP contribution in [0.5, 0.6) is 0 Å². The number of imide groups is 1. The topological polar surface area (TPSA) is 137 Å². The molecule has 30 heavy (non-hydrogen) atoms. The van der Waals surface area contributed by atoms with Crippen molar-refractivity contribution in [2.75, 3.05) is 11.9 Å². The number of ether oxygens (including phenoxy) is 1. The van der Waals surface area contributed by atoms with Gasteiger partial charge >= 0.3 is 11.7 Å². The summed E-state index contributed by atoms with van der Waals surface area (Å²) in [5, 5.41) is 2.30. The van der Waals surface area contributed by atoms with Crippen molar-refractivity contribution in [2.45, 2.75) is 13.0 Å². The highest BCUT2D eigenvalue weighted by Crippen LogP contribution is 2.24. The Kier molecular flexibility index (Phi) is 5.37. The lowest BCUT2D eigenvalue weighted by Crippen LogP contribution is -2.44. The Labute approximate surface area is 169 Å². The highest BCUT2D eigenvalue weighted by atomic mass is 16.5. The maximum Gasteiger partial charge on any atom is 0.332 e. The Balaban J connectivity index is 1.64. The minimum absolute atomic E-state index is 0.0717. The van der Waals surface area contributed by atoms with Gasteiger partial charge in [-0.2, -0.15) is 0 Å². The highest BCUT2D eigenvalue weighted by Gasteiger charge is 2.41. The van der Waals surface area contributed by atoms with Crippen LogP contribution < -0.4 is 16.6 Å². The van der Waals surface area contributed by atoms with E-state index in [1.807, 2.05) is 0 Å². The first-order valence-corrected chi connectivity index (χ1v) is 8.84. The molecule has 0 fully saturated rings. The highest BCUT2D eigenvalue weighted by molar-refractivity contribution is 6.22. The summed E-state index contributed by atoms with van der Waals surface area (Å²) in [6, 6.07) is 5.96. The molecule has 1 atom stereocenters. The van der Waals surface area contributed by atoms with E-state index in [0.717, 1.165) is 20.1 Å². The largest absolute Gasteiger partial charge is 0.454 e. The molecule has 2 heterocycles. The zero-order chi connectivity index (χ0) is 22.2. The zero-order valence-corrected chi connectivity index (χ0v) is 16.4. The van der Waals surface area contributed by atoms with E-state index in [9.17, 15) is 28.8 Å². The van der Waals surface area contributed by atoms with Gasteiger partial charge in [-0.1, -0.05) is 12.1 Å². The van der Waals surface area contributed by atoms with Gasteiger partial charge in [-0.25, -0.2) is 9.59 Å². The quantitative estimate of drug-likeness (QED) is 0.502. The van der Waals surface area contributed by atoms with Crippen LogP contribution in [0.1, 0.15) is 27.6 Å². The van der Waals surface area contributed by atoms with Crippen LogP contribution in [0, 0.1) is 0 Å². The molecule has 11 heteroatoms. The second-order valence-corrected chi connectivity index (χ2v) is 6.63. The SMILES string of the molecule is CC(C(=O)OCC(=O)Nc1cc(=O)n(C)c(=O)n1C)N1C(=O)c2ccccc2C1=O. The smallest absolute Gasteiger partial charge is 0.332 e. The van der Waals surface area contributed by atoms with Crippen LogP contribution in [0.25, 0.3) is 0 Å². The summed E-state index contributed by atoms with van der Waals surface area (Å²) in [4.78, 5) is 73.5. The summed E-state index contributed by atoms with van der Waals surface area (Å²) in [7, 11) is 2.65. The lowest BCUT2D eigenvalue weighted by atomic mass is 10.1. The van der Waals surface area contributed by atoms with Crippen molar-refractivity contribution in [3.8, 4) is 0 Å². The van der Waals surface area contributed by atoms with Gasteiger partial charge in [-0.05, 0) is 19.1 Å². The zero-order valence-electron chi connectivity index (χ0n) is 16.4. The molecular weight excluding hydrogens is 396 g/mol. The normalized spacial score (nSPS) is 13.8. The van der Waals surface area contributed by atoms with Crippen LogP contribution in [0.3, 0.4) is 0 Å². The second kappa shape index (κ2) is 7.78. The van der Waals surface area contributed by atoms with E-state index in [0.29, 0.717) is 0 Å². The van der Waals surface area contributed by atoms with Crippen molar-refractivity contribution in [3.05, 3.63) is 62.3 Å². The van der Waals surface area contributed by atoms with E-state index in [2.05, 4.69) is 5.32 Å². The fourth-order valence-electron chi connectivity index (χ4n) is 2.95. The Morgan fingerprint density at radius 1 is 1.00 bits per heavy atom. The number of nitrogens with one attached hydrogen (secondary N) is 1. The molecule has 0 bridgehead atoms. The molecule has 1 aromatic heterocycles. The number of nitrogens with zero attached hydrogens (tertiary/aromatic N) is 3. The predicted octanol–water partition coefficient (Wildman–Crippen LogP) is -0.750. The molecule has 0 saturated heterocycles. The van der Waals surface area contributed by atoms with E-state index in [4.69, 9.17) is 4.74 Å². The number of esters is 1. The van der Waals surface area contributed by atoms with Crippen molar-refractivity contribution >= 4 is 29.5 Å². The molecule has 0 saturated carbocycles. The van der Waals surface area contributed by atoms with Gasteiger partial charge in [0.15, 0.2) is 6.61 Å². The Hall–Kier alpha value is -4.02. The van der Waals surface area contributed by atoms with Gasteiger partial charge in [0, 0.05) is 20.2 Å². The minimum Gasteiger partial charge on any atom is -0.454 e. The molecule has 3 rings (SSSR count). The average Bonchev–Trinajstić information content (AvgIpc) is 2.98. The number of rotatable bonds is 5. The van der Waals surface area contributed by atoms with E-state index in [-0.39, 0.29) is 16.9 Å². The number of benzene rings is 1. The van der Waals surface area contributed by atoms with Crippen molar-refractivity contribution in [1.29, 1.82) is 0 Å². The number of carbonyl (C=O) groups excluding carboxylic acids is 4. The average molecular weight is 414 g/mol. The third-order valence-electron chi connectivity index (χ3n) is 4.69. The van der Waals surface area contributed by atoms with Crippen LogP contribution in [0.4, 0.5) is 5.82 Å². The number of hydrogen-bond donors (Lipinski definition) is 1. The van der Waals surface area contributed by atoms with Crippen molar-refractivity contribution in [1.82, 2.24) is 14.0 Å². The molecule has 1 aliphatic rings. The molecule has 11 nitrogen and oxygen atoms in total. The standard InChI is InChI=1S/C19H18N4O7/c1-10(23-16(26)11-6-4-5-7-12(11)17(23)27)18(28)30-9-14(24)20-13-8-15(25)22(3)19(29)21(13)2/h4-8,10H,9H2,1-3H3,(H,20,24). The van der Waals surface area contributed by atoms with Gasteiger partial charge in [0.2, 0.25) is 0 Å². The van der Waals surface area contributed by atoms with E-state index >= 15 is 0 Å². The predicted molar refractivity (Wildman–Crippen MR) is 103 cm³/mol. The first kappa shape index (κ1) is 20.7. The Morgan fingerprint density at radius 2 is 1.57 bits per heavy atom. The summed E-state index contributed by atoms with van der Waals surface area (Å²) >= 11 is 0. The lowest BCUT2D eigenvalue weighted by molar-refractivity contribution is -0.150. The molecule has 0 spiro atoms. The monoisotopic (exact) mass is 414 g/mol. The van der Waals surface area contributed by atoms with Gasteiger partial charge in [-0.15, -0.1) is 0 Å². The summed E-state index contributed by atoms with van der Waals surface area (Å²) in [5.74, 6) is -3.09. The van der Waals surface area contributed by atoms with Crippen LogP contribution >= 0.6 is 0 Å². The molecule has 1 aromatic carbocycles. The molecule has 3 amide bonds. The lowest BCUT2D eigenvalue weighted by Gasteiger charge is -2.20. The summed E-state index contributed by atoms with van der Waals surface area (Å²) in [5.41, 5.74) is -0.892. The minimum atomic E-state index is -1.25. The summed E-state index contributed by atoms with van der Waals surface area (Å²) in [6.45, 7) is 0.572. The summed E-state index contributed by atoms with van der Waals surface area (Å²) in [6.07, 6.45) is 0. The van der Waals surface area contributed by atoms with E-state index in [1.54, 1.807) is 12.1 Å².